The second kappa shape index (κ2) is 4.81. The monoisotopic (exact) mass is 308 g/mol. The molecule has 0 amide bonds. The van der Waals surface area contributed by atoms with Gasteiger partial charge >= 0.3 is 0 Å². The molecule has 2 aromatic rings. The summed E-state index contributed by atoms with van der Waals surface area (Å²) < 4.78 is 29.1. The summed E-state index contributed by atoms with van der Waals surface area (Å²) in [6.07, 6.45) is 3.45. The molecule has 1 aliphatic heterocycles. The second-order valence-electron chi connectivity index (χ2n) is 6.43. The SMILES string of the molecule is CC1(C)CCCNC1c1nc2cc(S(C)(=O)=O)ccc2o1. The van der Waals surface area contributed by atoms with Crippen molar-refractivity contribution >= 4 is 20.9 Å². The number of hydrogen-bond donors (Lipinski definition) is 1. The Balaban J connectivity index is 2.05. The molecule has 0 saturated carbocycles. The van der Waals surface area contributed by atoms with Crippen LogP contribution in [0.3, 0.4) is 0 Å². The smallest absolute Gasteiger partial charge is 0.213 e. The van der Waals surface area contributed by atoms with E-state index in [4.69, 9.17) is 4.42 Å². The third kappa shape index (κ3) is 2.70. The topological polar surface area (TPSA) is 72.2 Å². The Morgan fingerprint density at radius 2 is 2.14 bits per heavy atom. The van der Waals surface area contributed by atoms with Crippen LogP contribution in [0.4, 0.5) is 0 Å². The van der Waals surface area contributed by atoms with Crippen LogP contribution in [-0.4, -0.2) is 26.2 Å². The second-order valence-corrected chi connectivity index (χ2v) is 8.45. The molecule has 1 aromatic carbocycles. The Labute approximate surface area is 124 Å². The number of hydrogen-bond acceptors (Lipinski definition) is 5. The van der Waals surface area contributed by atoms with Gasteiger partial charge in [-0.3, -0.25) is 0 Å². The predicted molar refractivity (Wildman–Crippen MR) is 80.9 cm³/mol. The Bertz CT molecular complexity index is 777. The normalized spacial score (nSPS) is 22.5. The molecular formula is C15H20N2O3S. The van der Waals surface area contributed by atoms with Gasteiger partial charge in [0, 0.05) is 6.26 Å². The lowest BCUT2D eigenvalue weighted by Gasteiger charge is -2.37. The fraction of sp³-hybridized carbons (Fsp3) is 0.533. The molecule has 6 heteroatoms. The molecule has 0 spiro atoms. The lowest BCUT2D eigenvalue weighted by atomic mass is 9.77. The van der Waals surface area contributed by atoms with Crippen LogP contribution in [0.5, 0.6) is 0 Å². The summed E-state index contributed by atoms with van der Waals surface area (Å²) in [5, 5.41) is 3.46. The summed E-state index contributed by atoms with van der Waals surface area (Å²) in [6.45, 7) is 5.34. The highest BCUT2D eigenvalue weighted by Gasteiger charge is 2.36. The van der Waals surface area contributed by atoms with Crippen molar-refractivity contribution < 1.29 is 12.8 Å². The maximum Gasteiger partial charge on any atom is 0.213 e. The van der Waals surface area contributed by atoms with E-state index in [1.165, 1.54) is 6.26 Å². The molecule has 1 saturated heterocycles. The maximum atomic E-state index is 11.6. The minimum absolute atomic E-state index is 0.0559. The van der Waals surface area contributed by atoms with Crippen molar-refractivity contribution in [1.29, 1.82) is 0 Å². The highest BCUT2D eigenvalue weighted by molar-refractivity contribution is 7.90. The van der Waals surface area contributed by atoms with Crippen molar-refractivity contribution in [3.05, 3.63) is 24.1 Å². The summed E-state index contributed by atoms with van der Waals surface area (Å²) in [6, 6.07) is 4.87. The van der Waals surface area contributed by atoms with E-state index in [0.717, 1.165) is 19.4 Å². The van der Waals surface area contributed by atoms with Crippen molar-refractivity contribution in [2.24, 2.45) is 5.41 Å². The van der Waals surface area contributed by atoms with Crippen LogP contribution in [-0.2, 0) is 9.84 Å². The van der Waals surface area contributed by atoms with E-state index >= 15 is 0 Å². The van der Waals surface area contributed by atoms with Crippen molar-refractivity contribution in [2.75, 3.05) is 12.8 Å². The van der Waals surface area contributed by atoms with Crippen LogP contribution in [0.15, 0.2) is 27.5 Å². The van der Waals surface area contributed by atoms with Gasteiger partial charge in [-0.1, -0.05) is 13.8 Å². The van der Waals surface area contributed by atoms with Crippen LogP contribution in [0.2, 0.25) is 0 Å². The predicted octanol–water partition coefficient (Wildman–Crippen LogP) is 2.68. The molecule has 21 heavy (non-hydrogen) atoms. The van der Waals surface area contributed by atoms with E-state index in [2.05, 4.69) is 24.1 Å². The van der Waals surface area contributed by atoms with Gasteiger partial charge in [-0.05, 0) is 43.0 Å². The van der Waals surface area contributed by atoms with Crippen molar-refractivity contribution in [1.82, 2.24) is 10.3 Å². The Hall–Kier alpha value is -1.40. The third-order valence-corrected chi connectivity index (χ3v) is 5.29. The number of sulfone groups is 1. The fourth-order valence-corrected chi connectivity index (χ4v) is 3.55. The fourth-order valence-electron chi connectivity index (χ4n) is 2.91. The summed E-state index contributed by atoms with van der Waals surface area (Å²) >= 11 is 0. The molecule has 1 N–H and O–H groups in total. The van der Waals surface area contributed by atoms with E-state index in [1.54, 1.807) is 18.2 Å². The van der Waals surface area contributed by atoms with E-state index < -0.39 is 9.84 Å². The average Bonchev–Trinajstić information content (AvgIpc) is 2.79. The van der Waals surface area contributed by atoms with Crippen LogP contribution < -0.4 is 5.32 Å². The molecule has 2 heterocycles. The van der Waals surface area contributed by atoms with Crippen LogP contribution in [0.1, 0.15) is 38.6 Å². The van der Waals surface area contributed by atoms with Gasteiger partial charge in [0.15, 0.2) is 15.4 Å². The van der Waals surface area contributed by atoms with Crippen LogP contribution in [0.25, 0.3) is 11.1 Å². The van der Waals surface area contributed by atoms with Gasteiger partial charge in [-0.15, -0.1) is 0 Å². The molecule has 114 valence electrons. The number of fused-ring (bicyclic) bond motifs is 1. The van der Waals surface area contributed by atoms with Gasteiger partial charge in [0.1, 0.15) is 5.52 Å². The van der Waals surface area contributed by atoms with E-state index in [9.17, 15) is 8.42 Å². The quantitative estimate of drug-likeness (QED) is 0.923. The van der Waals surface area contributed by atoms with E-state index in [1.807, 2.05) is 0 Å². The molecule has 1 aromatic heterocycles. The number of piperidine rings is 1. The maximum absolute atomic E-state index is 11.6. The van der Waals surface area contributed by atoms with E-state index in [0.29, 0.717) is 17.0 Å². The lowest BCUT2D eigenvalue weighted by Crippen LogP contribution is -2.39. The number of aromatic nitrogens is 1. The van der Waals surface area contributed by atoms with Crippen molar-refractivity contribution in [3.63, 3.8) is 0 Å². The molecule has 1 atom stereocenters. The zero-order valence-electron chi connectivity index (χ0n) is 12.5. The van der Waals surface area contributed by atoms with Crippen molar-refractivity contribution in [3.8, 4) is 0 Å². The first-order chi connectivity index (χ1) is 9.77. The van der Waals surface area contributed by atoms with Gasteiger partial charge < -0.3 is 9.73 Å². The lowest BCUT2D eigenvalue weighted by molar-refractivity contribution is 0.157. The van der Waals surface area contributed by atoms with Crippen LogP contribution in [0, 0.1) is 5.41 Å². The first-order valence-electron chi connectivity index (χ1n) is 7.11. The first-order valence-corrected chi connectivity index (χ1v) is 9.00. The summed E-state index contributed by atoms with van der Waals surface area (Å²) in [7, 11) is -3.23. The van der Waals surface area contributed by atoms with Gasteiger partial charge in [-0.25, -0.2) is 13.4 Å². The zero-order chi connectivity index (χ0) is 15.3. The Morgan fingerprint density at radius 1 is 1.38 bits per heavy atom. The van der Waals surface area contributed by atoms with Gasteiger partial charge in [-0.2, -0.15) is 0 Å². The molecule has 3 rings (SSSR count). The van der Waals surface area contributed by atoms with Gasteiger partial charge in [0.05, 0.1) is 10.9 Å². The largest absolute Gasteiger partial charge is 0.439 e. The highest BCUT2D eigenvalue weighted by atomic mass is 32.2. The molecule has 1 aliphatic rings. The van der Waals surface area contributed by atoms with Gasteiger partial charge in [0.25, 0.3) is 0 Å². The van der Waals surface area contributed by atoms with E-state index in [-0.39, 0.29) is 16.4 Å². The third-order valence-electron chi connectivity index (χ3n) is 4.18. The molecule has 1 unspecified atom stereocenters. The Kier molecular flexibility index (Phi) is 3.33. The molecule has 0 aliphatic carbocycles. The zero-order valence-corrected chi connectivity index (χ0v) is 13.3. The summed E-state index contributed by atoms with van der Waals surface area (Å²) in [5.41, 5.74) is 1.29. The molecule has 0 radical (unpaired) electrons. The number of oxazole rings is 1. The highest BCUT2D eigenvalue weighted by Crippen LogP contribution is 2.40. The molecule has 0 bridgehead atoms. The van der Waals surface area contributed by atoms with Crippen LogP contribution >= 0.6 is 0 Å². The number of nitrogens with zero attached hydrogens (tertiary/aromatic N) is 1. The number of benzene rings is 1. The minimum Gasteiger partial charge on any atom is -0.439 e. The van der Waals surface area contributed by atoms with Gasteiger partial charge in [0.2, 0.25) is 5.89 Å². The summed E-state index contributed by atoms with van der Waals surface area (Å²) in [5.74, 6) is 0.639. The molecule has 5 nitrogen and oxygen atoms in total. The number of rotatable bonds is 2. The average molecular weight is 308 g/mol. The molecular weight excluding hydrogens is 288 g/mol. The summed E-state index contributed by atoms with van der Waals surface area (Å²) in [4.78, 5) is 4.78. The van der Waals surface area contributed by atoms with Crippen molar-refractivity contribution in [2.45, 2.75) is 37.6 Å². The molecule has 1 fully saturated rings. The number of nitrogens with one attached hydrogen (secondary N) is 1. The standard InChI is InChI=1S/C15H20N2O3S/c1-15(2)7-4-8-16-13(15)14-17-11-9-10(21(3,18)19)5-6-12(11)20-14/h5-6,9,13,16H,4,7-8H2,1-3H3. The first kappa shape index (κ1) is 14.5. The minimum atomic E-state index is -3.23. The Morgan fingerprint density at radius 3 is 2.81 bits per heavy atom.